The highest BCUT2D eigenvalue weighted by Gasteiger charge is 2.53. The van der Waals surface area contributed by atoms with Crippen molar-refractivity contribution in [3.63, 3.8) is 0 Å². The van der Waals surface area contributed by atoms with Gasteiger partial charge in [0.15, 0.2) is 0 Å². The van der Waals surface area contributed by atoms with Crippen LogP contribution in [0.4, 0.5) is 0 Å². The molecular formula is C18H21N3O3. The van der Waals surface area contributed by atoms with Crippen molar-refractivity contribution in [3.8, 4) is 5.69 Å². The van der Waals surface area contributed by atoms with Gasteiger partial charge in [-0.3, -0.25) is 9.69 Å². The van der Waals surface area contributed by atoms with Crippen molar-refractivity contribution in [2.75, 3.05) is 26.3 Å². The summed E-state index contributed by atoms with van der Waals surface area (Å²) >= 11 is 0. The Bertz CT molecular complexity index is 730. The summed E-state index contributed by atoms with van der Waals surface area (Å²) in [6, 6.07) is 9.97. The Labute approximate surface area is 140 Å². The molecule has 0 radical (unpaired) electrons. The van der Waals surface area contributed by atoms with Crippen LogP contribution in [0.3, 0.4) is 0 Å². The van der Waals surface area contributed by atoms with Crippen molar-refractivity contribution in [1.29, 1.82) is 0 Å². The van der Waals surface area contributed by atoms with Crippen LogP contribution in [0.2, 0.25) is 0 Å². The zero-order chi connectivity index (χ0) is 16.6. The van der Waals surface area contributed by atoms with E-state index in [0.29, 0.717) is 19.8 Å². The highest BCUT2D eigenvalue weighted by molar-refractivity contribution is 5.76. The highest BCUT2D eigenvalue weighted by atomic mass is 16.5. The lowest BCUT2D eigenvalue weighted by Gasteiger charge is -2.34. The van der Waals surface area contributed by atoms with E-state index in [1.165, 1.54) is 0 Å². The average Bonchev–Trinajstić information content (AvgIpc) is 3.20. The van der Waals surface area contributed by atoms with Crippen molar-refractivity contribution in [3.05, 3.63) is 48.3 Å². The lowest BCUT2D eigenvalue weighted by Crippen LogP contribution is -2.46. The summed E-state index contributed by atoms with van der Waals surface area (Å²) in [5.74, 6) is -0.553. The van der Waals surface area contributed by atoms with E-state index in [2.05, 4.69) is 10.00 Å². The first-order valence-corrected chi connectivity index (χ1v) is 8.30. The molecule has 2 aliphatic rings. The molecular weight excluding hydrogens is 306 g/mol. The van der Waals surface area contributed by atoms with Crippen molar-refractivity contribution < 1.29 is 14.6 Å². The van der Waals surface area contributed by atoms with Crippen LogP contribution in [0.15, 0.2) is 42.7 Å². The number of hydrogen-bond acceptors (Lipinski definition) is 4. The fraction of sp³-hybridized carbons (Fsp3) is 0.444. The minimum Gasteiger partial charge on any atom is -0.481 e. The van der Waals surface area contributed by atoms with Crippen molar-refractivity contribution in [2.24, 2.45) is 11.3 Å². The first kappa shape index (κ1) is 15.4. The maximum absolute atomic E-state index is 11.8. The molecule has 2 atom stereocenters. The van der Waals surface area contributed by atoms with Crippen LogP contribution in [-0.4, -0.2) is 52.1 Å². The summed E-state index contributed by atoms with van der Waals surface area (Å²) in [6.45, 7) is 3.07. The van der Waals surface area contributed by atoms with Gasteiger partial charge in [-0.2, -0.15) is 5.10 Å². The number of para-hydroxylation sites is 1. The van der Waals surface area contributed by atoms with Crippen LogP contribution in [0.25, 0.3) is 5.69 Å². The molecule has 2 aliphatic heterocycles. The molecule has 126 valence electrons. The lowest BCUT2D eigenvalue weighted by atomic mass is 9.76. The predicted molar refractivity (Wildman–Crippen MR) is 87.8 cm³/mol. The van der Waals surface area contributed by atoms with Gasteiger partial charge in [0.1, 0.15) is 5.41 Å². The average molecular weight is 327 g/mol. The van der Waals surface area contributed by atoms with E-state index < -0.39 is 11.4 Å². The van der Waals surface area contributed by atoms with Gasteiger partial charge in [-0.15, -0.1) is 0 Å². The minimum absolute atomic E-state index is 0.174. The summed E-state index contributed by atoms with van der Waals surface area (Å²) in [7, 11) is 0. The number of carboxylic acid groups (broad SMARTS) is 1. The number of rotatable bonds is 4. The molecule has 0 amide bonds. The van der Waals surface area contributed by atoms with Crippen LogP contribution in [0.5, 0.6) is 0 Å². The second kappa shape index (κ2) is 6.03. The molecule has 1 aromatic carbocycles. The molecule has 0 saturated carbocycles. The smallest absolute Gasteiger partial charge is 0.313 e. The van der Waals surface area contributed by atoms with Crippen molar-refractivity contribution in [2.45, 2.75) is 13.0 Å². The Morgan fingerprint density at radius 2 is 2.21 bits per heavy atom. The Balaban J connectivity index is 1.49. The second-order valence-electron chi connectivity index (χ2n) is 6.80. The number of aliphatic carboxylic acids is 1. The van der Waals surface area contributed by atoms with E-state index >= 15 is 0 Å². The molecule has 0 bridgehead atoms. The van der Waals surface area contributed by atoms with Crippen LogP contribution >= 0.6 is 0 Å². The summed E-state index contributed by atoms with van der Waals surface area (Å²) < 4.78 is 7.34. The van der Waals surface area contributed by atoms with E-state index in [1.54, 1.807) is 0 Å². The molecule has 2 aromatic rings. The molecule has 4 rings (SSSR count). The van der Waals surface area contributed by atoms with Gasteiger partial charge in [0.05, 0.1) is 18.5 Å². The topological polar surface area (TPSA) is 67.6 Å². The standard InChI is InChI=1S/C18H21N3O3/c22-17(23)18-12-20(11-15(18)6-7-24-13-18)9-14-8-19-21(10-14)16-4-2-1-3-5-16/h1-5,8,10,15H,6-7,9,11-13H2,(H,22,23)/t15-,18+/m0/s1. The normalized spacial score (nSPS) is 27.1. The largest absolute Gasteiger partial charge is 0.481 e. The van der Waals surface area contributed by atoms with Crippen molar-refractivity contribution >= 4 is 5.97 Å². The van der Waals surface area contributed by atoms with Gasteiger partial charge in [0.25, 0.3) is 0 Å². The van der Waals surface area contributed by atoms with Gasteiger partial charge in [-0.1, -0.05) is 18.2 Å². The van der Waals surface area contributed by atoms with Gasteiger partial charge in [0.2, 0.25) is 0 Å². The zero-order valence-corrected chi connectivity index (χ0v) is 13.5. The Kier molecular flexibility index (Phi) is 3.86. The summed E-state index contributed by atoms with van der Waals surface area (Å²) in [6.07, 6.45) is 4.70. The summed E-state index contributed by atoms with van der Waals surface area (Å²) in [4.78, 5) is 14.0. The van der Waals surface area contributed by atoms with Crippen molar-refractivity contribution in [1.82, 2.24) is 14.7 Å². The molecule has 0 aliphatic carbocycles. The Morgan fingerprint density at radius 1 is 1.38 bits per heavy atom. The summed E-state index contributed by atoms with van der Waals surface area (Å²) in [5.41, 5.74) is 1.38. The number of fused-ring (bicyclic) bond motifs is 1. The molecule has 2 saturated heterocycles. The number of benzene rings is 1. The SMILES string of the molecule is O=C(O)[C@]12COCC[C@H]1CN(Cc1cnn(-c3ccccc3)c1)C2. The number of carbonyl (C=O) groups is 1. The number of hydrogen-bond donors (Lipinski definition) is 1. The van der Waals surface area contributed by atoms with E-state index in [4.69, 9.17) is 4.74 Å². The zero-order valence-electron chi connectivity index (χ0n) is 13.5. The molecule has 2 fully saturated rings. The molecule has 24 heavy (non-hydrogen) atoms. The first-order valence-electron chi connectivity index (χ1n) is 8.30. The molecule has 6 nitrogen and oxygen atoms in total. The molecule has 6 heteroatoms. The number of aromatic nitrogens is 2. The maximum atomic E-state index is 11.8. The van der Waals surface area contributed by atoms with Crippen LogP contribution < -0.4 is 0 Å². The van der Waals surface area contributed by atoms with Gasteiger partial charge < -0.3 is 9.84 Å². The molecule has 1 aromatic heterocycles. The third-order valence-electron chi connectivity index (χ3n) is 5.23. The second-order valence-corrected chi connectivity index (χ2v) is 6.80. The van der Waals surface area contributed by atoms with Crippen LogP contribution in [-0.2, 0) is 16.1 Å². The molecule has 3 heterocycles. The fourth-order valence-electron chi connectivity index (χ4n) is 3.94. The number of likely N-dealkylation sites (tertiary alicyclic amines) is 1. The van der Waals surface area contributed by atoms with Gasteiger partial charge in [-0.25, -0.2) is 4.68 Å². The van der Waals surface area contributed by atoms with Gasteiger partial charge in [0, 0.05) is 38.0 Å². The van der Waals surface area contributed by atoms with Crippen LogP contribution in [0, 0.1) is 11.3 Å². The van der Waals surface area contributed by atoms with E-state index in [9.17, 15) is 9.90 Å². The maximum Gasteiger partial charge on any atom is 0.313 e. The quantitative estimate of drug-likeness (QED) is 0.927. The summed E-state index contributed by atoms with van der Waals surface area (Å²) in [5, 5.41) is 14.1. The lowest BCUT2D eigenvalue weighted by molar-refractivity contribution is -0.159. The minimum atomic E-state index is -0.742. The van der Waals surface area contributed by atoms with Gasteiger partial charge in [-0.05, 0) is 24.5 Å². The van der Waals surface area contributed by atoms with Crippen LogP contribution in [0.1, 0.15) is 12.0 Å². The molecule has 1 N–H and O–H groups in total. The number of carboxylic acids is 1. The Morgan fingerprint density at radius 3 is 2.96 bits per heavy atom. The Hall–Kier alpha value is -2.18. The first-order chi connectivity index (χ1) is 11.7. The third kappa shape index (κ3) is 2.61. The predicted octanol–water partition coefficient (Wildman–Crippen LogP) is 1.80. The molecule has 0 unspecified atom stereocenters. The van der Waals surface area contributed by atoms with E-state index in [-0.39, 0.29) is 5.92 Å². The fourth-order valence-corrected chi connectivity index (χ4v) is 3.94. The van der Waals surface area contributed by atoms with Gasteiger partial charge >= 0.3 is 5.97 Å². The monoisotopic (exact) mass is 327 g/mol. The molecule has 0 spiro atoms. The van der Waals surface area contributed by atoms with E-state index in [0.717, 1.165) is 30.8 Å². The number of ether oxygens (including phenoxy) is 1. The third-order valence-corrected chi connectivity index (χ3v) is 5.23. The van der Waals surface area contributed by atoms with E-state index in [1.807, 2.05) is 47.4 Å². The highest BCUT2D eigenvalue weighted by Crippen LogP contribution is 2.42. The number of nitrogens with zero attached hydrogens (tertiary/aromatic N) is 3.